The third-order valence-electron chi connectivity index (χ3n) is 4.81. The smallest absolute Gasteiger partial charge is 0.111 e. The Hall–Kier alpha value is -2.20. The average molecular weight is 306 g/mol. The summed E-state index contributed by atoms with van der Waals surface area (Å²) in [5.74, 6) is 1.63. The summed E-state index contributed by atoms with van der Waals surface area (Å²) in [5, 5.41) is 0. The molecule has 23 heavy (non-hydrogen) atoms. The van der Waals surface area contributed by atoms with E-state index in [1.165, 1.54) is 18.4 Å². The minimum atomic E-state index is 0.494. The number of likely N-dealkylation sites (tertiary alicyclic amines) is 1. The molecule has 0 unspecified atom stereocenters. The summed E-state index contributed by atoms with van der Waals surface area (Å²) < 4.78 is 0. The lowest BCUT2D eigenvalue weighted by molar-refractivity contribution is 0.196. The van der Waals surface area contributed by atoms with Gasteiger partial charge in [0.15, 0.2) is 0 Å². The van der Waals surface area contributed by atoms with Crippen LogP contribution in [0.15, 0.2) is 42.6 Å². The largest absolute Gasteiger partial charge is 0.342 e. The zero-order valence-corrected chi connectivity index (χ0v) is 13.5. The molecule has 3 aromatic rings. The van der Waals surface area contributed by atoms with Crippen molar-refractivity contribution in [1.82, 2.24) is 19.9 Å². The van der Waals surface area contributed by atoms with Crippen LogP contribution in [0.25, 0.3) is 11.0 Å². The van der Waals surface area contributed by atoms with Gasteiger partial charge in [0.2, 0.25) is 0 Å². The molecule has 3 heterocycles. The quantitative estimate of drug-likeness (QED) is 0.803. The molecule has 4 heteroatoms. The van der Waals surface area contributed by atoms with E-state index < -0.39 is 0 Å². The minimum absolute atomic E-state index is 0.494. The van der Waals surface area contributed by atoms with Gasteiger partial charge in [-0.2, -0.15) is 0 Å². The zero-order chi connectivity index (χ0) is 15.6. The second-order valence-electron chi connectivity index (χ2n) is 6.46. The zero-order valence-electron chi connectivity index (χ0n) is 13.5. The number of benzene rings is 1. The fourth-order valence-electron chi connectivity index (χ4n) is 3.51. The van der Waals surface area contributed by atoms with Crippen LogP contribution >= 0.6 is 0 Å². The van der Waals surface area contributed by atoms with E-state index in [2.05, 4.69) is 46.1 Å². The topological polar surface area (TPSA) is 44.8 Å². The number of rotatable bonds is 3. The molecule has 0 bridgehead atoms. The maximum Gasteiger partial charge on any atom is 0.111 e. The average Bonchev–Trinajstić information content (AvgIpc) is 3.01. The van der Waals surface area contributed by atoms with E-state index in [1.54, 1.807) is 0 Å². The monoisotopic (exact) mass is 306 g/mol. The lowest BCUT2D eigenvalue weighted by Gasteiger charge is -2.32. The predicted octanol–water partition coefficient (Wildman–Crippen LogP) is 3.65. The number of nitrogens with zero attached hydrogens (tertiary/aromatic N) is 3. The molecule has 4 rings (SSSR count). The van der Waals surface area contributed by atoms with E-state index in [0.717, 1.165) is 42.2 Å². The highest BCUT2D eigenvalue weighted by molar-refractivity contribution is 5.74. The number of fused-ring (bicyclic) bond motifs is 1. The van der Waals surface area contributed by atoms with Gasteiger partial charge in [0.1, 0.15) is 5.82 Å². The van der Waals surface area contributed by atoms with E-state index in [0.29, 0.717) is 5.92 Å². The highest BCUT2D eigenvalue weighted by atomic mass is 15.1. The molecule has 1 aliphatic rings. The van der Waals surface area contributed by atoms with Crippen molar-refractivity contribution in [2.75, 3.05) is 13.1 Å². The summed E-state index contributed by atoms with van der Waals surface area (Å²) >= 11 is 0. The molecule has 0 spiro atoms. The molecule has 0 radical (unpaired) electrons. The Bertz CT molecular complexity index is 775. The number of H-pyrrole nitrogens is 1. The van der Waals surface area contributed by atoms with Gasteiger partial charge in [-0.1, -0.05) is 18.2 Å². The van der Waals surface area contributed by atoms with Crippen LogP contribution in [0.2, 0.25) is 0 Å². The molecule has 1 fully saturated rings. The van der Waals surface area contributed by atoms with Gasteiger partial charge in [-0.25, -0.2) is 4.98 Å². The number of hydrogen-bond donors (Lipinski definition) is 1. The molecule has 2 aromatic heterocycles. The van der Waals surface area contributed by atoms with Gasteiger partial charge in [-0.05, 0) is 50.1 Å². The molecule has 1 atom stereocenters. The molecule has 118 valence electrons. The second-order valence-corrected chi connectivity index (χ2v) is 6.46. The van der Waals surface area contributed by atoms with Crippen molar-refractivity contribution >= 4 is 11.0 Å². The minimum Gasteiger partial charge on any atom is -0.342 e. The number of hydrogen-bond acceptors (Lipinski definition) is 3. The molecule has 1 aliphatic heterocycles. The van der Waals surface area contributed by atoms with Crippen molar-refractivity contribution in [2.45, 2.75) is 32.2 Å². The molecular weight excluding hydrogens is 284 g/mol. The van der Waals surface area contributed by atoms with Gasteiger partial charge in [0.25, 0.3) is 0 Å². The first-order valence-corrected chi connectivity index (χ1v) is 8.37. The highest BCUT2D eigenvalue weighted by Gasteiger charge is 2.24. The van der Waals surface area contributed by atoms with Crippen molar-refractivity contribution < 1.29 is 0 Å². The molecular formula is C19H22N4. The standard InChI is InChI=1S/C19H22N4/c1-14-15(6-4-10-20-14)12-23-11-5-7-16(13-23)19-21-17-8-2-3-9-18(17)22-19/h2-4,6,8-10,16H,5,7,11-13H2,1H3,(H,21,22)/t16-/m0/s1. The number of pyridine rings is 1. The number of aromatic amines is 1. The van der Waals surface area contributed by atoms with Crippen LogP contribution in [0.5, 0.6) is 0 Å². The number of para-hydroxylation sites is 2. The van der Waals surface area contributed by atoms with Gasteiger partial charge in [-0.15, -0.1) is 0 Å². The summed E-state index contributed by atoms with van der Waals surface area (Å²) in [5.41, 5.74) is 4.68. The van der Waals surface area contributed by atoms with Crippen LogP contribution in [-0.4, -0.2) is 32.9 Å². The SMILES string of the molecule is Cc1ncccc1CN1CCC[C@H](c2nc3ccccc3[nH]2)C1. The van der Waals surface area contributed by atoms with E-state index in [9.17, 15) is 0 Å². The van der Waals surface area contributed by atoms with Gasteiger partial charge >= 0.3 is 0 Å². The lowest BCUT2D eigenvalue weighted by atomic mass is 9.97. The third-order valence-corrected chi connectivity index (χ3v) is 4.81. The van der Waals surface area contributed by atoms with E-state index in [-0.39, 0.29) is 0 Å². The Kier molecular flexibility index (Phi) is 3.83. The number of imidazole rings is 1. The van der Waals surface area contributed by atoms with Crippen LogP contribution in [-0.2, 0) is 6.54 Å². The maximum absolute atomic E-state index is 4.80. The lowest BCUT2D eigenvalue weighted by Crippen LogP contribution is -2.34. The van der Waals surface area contributed by atoms with Crippen LogP contribution in [0.1, 0.15) is 35.8 Å². The van der Waals surface area contributed by atoms with Crippen molar-refractivity contribution in [3.63, 3.8) is 0 Å². The fraction of sp³-hybridized carbons (Fsp3) is 0.368. The van der Waals surface area contributed by atoms with Crippen LogP contribution in [0.4, 0.5) is 0 Å². The van der Waals surface area contributed by atoms with Gasteiger partial charge in [-0.3, -0.25) is 9.88 Å². The second kappa shape index (κ2) is 6.13. The molecule has 0 saturated carbocycles. The first kappa shape index (κ1) is 14.4. The number of piperidine rings is 1. The fourth-order valence-corrected chi connectivity index (χ4v) is 3.51. The van der Waals surface area contributed by atoms with Crippen molar-refractivity contribution in [3.8, 4) is 0 Å². The Morgan fingerprint density at radius 1 is 1.22 bits per heavy atom. The molecule has 4 nitrogen and oxygen atoms in total. The molecule has 0 amide bonds. The number of nitrogens with one attached hydrogen (secondary N) is 1. The van der Waals surface area contributed by atoms with E-state index in [4.69, 9.17) is 4.98 Å². The van der Waals surface area contributed by atoms with Crippen molar-refractivity contribution in [2.24, 2.45) is 0 Å². The summed E-state index contributed by atoms with van der Waals surface area (Å²) in [7, 11) is 0. The van der Waals surface area contributed by atoms with Gasteiger partial charge in [0.05, 0.1) is 11.0 Å². The first-order chi connectivity index (χ1) is 11.3. The third kappa shape index (κ3) is 2.99. The highest BCUT2D eigenvalue weighted by Crippen LogP contribution is 2.27. The number of aryl methyl sites for hydroxylation is 1. The van der Waals surface area contributed by atoms with Gasteiger partial charge < -0.3 is 4.98 Å². The Morgan fingerprint density at radius 3 is 3.00 bits per heavy atom. The van der Waals surface area contributed by atoms with Gasteiger partial charge in [0, 0.05) is 30.9 Å². The summed E-state index contributed by atoms with van der Waals surface area (Å²) in [4.78, 5) is 15.3. The van der Waals surface area contributed by atoms with E-state index >= 15 is 0 Å². The normalized spacial score (nSPS) is 19.3. The van der Waals surface area contributed by atoms with E-state index in [1.807, 2.05) is 18.3 Å². The Morgan fingerprint density at radius 2 is 2.13 bits per heavy atom. The summed E-state index contributed by atoms with van der Waals surface area (Å²) in [6.07, 6.45) is 4.30. The maximum atomic E-state index is 4.80. The van der Waals surface area contributed by atoms with Crippen LogP contribution in [0, 0.1) is 6.92 Å². The van der Waals surface area contributed by atoms with Crippen LogP contribution < -0.4 is 0 Å². The van der Waals surface area contributed by atoms with Crippen molar-refractivity contribution in [1.29, 1.82) is 0 Å². The Labute approximate surface area is 136 Å². The van der Waals surface area contributed by atoms with Crippen LogP contribution in [0.3, 0.4) is 0 Å². The molecule has 1 aromatic carbocycles. The predicted molar refractivity (Wildman–Crippen MR) is 92.3 cm³/mol. The Balaban J connectivity index is 1.51. The summed E-state index contributed by atoms with van der Waals surface area (Å²) in [6, 6.07) is 12.5. The molecule has 1 saturated heterocycles. The molecule has 0 aliphatic carbocycles. The summed E-state index contributed by atoms with van der Waals surface area (Å²) in [6.45, 7) is 5.30. The first-order valence-electron chi connectivity index (χ1n) is 8.37. The van der Waals surface area contributed by atoms with Crippen molar-refractivity contribution in [3.05, 3.63) is 59.7 Å². The number of aromatic nitrogens is 3. The molecule has 1 N–H and O–H groups in total.